The minimum absolute atomic E-state index is 0.0365. The molecular weight excluding hydrogens is 266 g/mol. The molecule has 0 fully saturated rings. The number of amides is 1. The van der Waals surface area contributed by atoms with Crippen LogP contribution in [0.3, 0.4) is 0 Å². The number of aromatic nitrogens is 3. The summed E-state index contributed by atoms with van der Waals surface area (Å²) in [5.74, 6) is 0.829. The van der Waals surface area contributed by atoms with Crippen molar-refractivity contribution in [3.8, 4) is 0 Å². The van der Waals surface area contributed by atoms with Crippen molar-refractivity contribution in [2.75, 3.05) is 18.4 Å². The summed E-state index contributed by atoms with van der Waals surface area (Å²) in [6.07, 6.45) is 4.48. The third-order valence-corrected chi connectivity index (χ3v) is 3.75. The number of hydrogen-bond donors (Lipinski definition) is 2. The molecule has 1 aromatic carbocycles. The minimum Gasteiger partial charge on any atom is -0.385 e. The van der Waals surface area contributed by atoms with Crippen molar-refractivity contribution in [1.82, 2.24) is 20.1 Å². The fraction of sp³-hybridized carbons (Fsp3) is 0.400. The molecule has 0 aliphatic carbocycles. The van der Waals surface area contributed by atoms with Gasteiger partial charge in [-0.1, -0.05) is 0 Å². The van der Waals surface area contributed by atoms with Gasteiger partial charge in [-0.05, 0) is 36.6 Å². The summed E-state index contributed by atoms with van der Waals surface area (Å²) in [6.45, 7) is 1.57. The number of carbonyl (C=O) groups excluding carboxylic acids is 1. The SMILES string of the molecule is Cn1cnnc1CCNC(=O)c1ccc2c(c1)CCCN2. The maximum atomic E-state index is 12.2. The number of rotatable bonds is 4. The third kappa shape index (κ3) is 3.04. The molecule has 2 N–H and O–H groups in total. The number of carbonyl (C=O) groups is 1. The Hall–Kier alpha value is -2.37. The second-order valence-corrected chi connectivity index (χ2v) is 5.27. The van der Waals surface area contributed by atoms with Crippen LogP contribution in [0.5, 0.6) is 0 Å². The molecule has 0 saturated heterocycles. The highest BCUT2D eigenvalue weighted by Crippen LogP contribution is 2.22. The average Bonchev–Trinajstić information content (AvgIpc) is 2.92. The highest BCUT2D eigenvalue weighted by Gasteiger charge is 2.12. The van der Waals surface area contributed by atoms with E-state index in [0.717, 1.165) is 36.5 Å². The monoisotopic (exact) mass is 285 g/mol. The van der Waals surface area contributed by atoms with Gasteiger partial charge in [0.25, 0.3) is 5.91 Å². The van der Waals surface area contributed by atoms with E-state index in [0.29, 0.717) is 13.0 Å². The van der Waals surface area contributed by atoms with Gasteiger partial charge in [0.15, 0.2) is 0 Å². The molecule has 0 unspecified atom stereocenters. The molecule has 0 bridgehead atoms. The molecule has 1 aliphatic rings. The molecule has 1 aliphatic heterocycles. The summed E-state index contributed by atoms with van der Waals surface area (Å²) >= 11 is 0. The third-order valence-electron chi connectivity index (χ3n) is 3.75. The van der Waals surface area contributed by atoms with Gasteiger partial charge in [-0.15, -0.1) is 10.2 Å². The molecular formula is C15H19N5O. The van der Waals surface area contributed by atoms with Crippen LogP contribution >= 0.6 is 0 Å². The van der Waals surface area contributed by atoms with Crippen molar-refractivity contribution < 1.29 is 4.79 Å². The summed E-state index contributed by atoms with van der Waals surface area (Å²) < 4.78 is 1.86. The second-order valence-electron chi connectivity index (χ2n) is 5.27. The Labute approximate surface area is 123 Å². The molecule has 1 aromatic heterocycles. The number of benzene rings is 1. The van der Waals surface area contributed by atoms with E-state index < -0.39 is 0 Å². The van der Waals surface area contributed by atoms with E-state index in [9.17, 15) is 4.79 Å². The molecule has 6 heteroatoms. The number of nitrogens with zero attached hydrogens (tertiary/aromatic N) is 3. The summed E-state index contributed by atoms with van der Waals surface area (Å²) in [5.41, 5.74) is 3.09. The molecule has 6 nitrogen and oxygen atoms in total. The zero-order chi connectivity index (χ0) is 14.7. The largest absolute Gasteiger partial charge is 0.385 e. The van der Waals surface area contributed by atoms with Gasteiger partial charge in [-0.25, -0.2) is 0 Å². The quantitative estimate of drug-likeness (QED) is 0.884. The van der Waals surface area contributed by atoms with E-state index in [4.69, 9.17) is 0 Å². The predicted octanol–water partition coefficient (Wildman–Crippen LogP) is 1.15. The normalized spacial score (nSPS) is 13.4. The summed E-state index contributed by atoms with van der Waals surface area (Å²) in [4.78, 5) is 12.2. The minimum atomic E-state index is -0.0365. The van der Waals surface area contributed by atoms with E-state index in [1.165, 1.54) is 5.56 Å². The topological polar surface area (TPSA) is 71.8 Å². The van der Waals surface area contributed by atoms with Crippen molar-refractivity contribution in [2.24, 2.45) is 7.05 Å². The Morgan fingerprint density at radius 1 is 1.48 bits per heavy atom. The van der Waals surface area contributed by atoms with E-state index >= 15 is 0 Å². The lowest BCUT2D eigenvalue weighted by atomic mass is 10.0. The van der Waals surface area contributed by atoms with Crippen LogP contribution in [0.2, 0.25) is 0 Å². The molecule has 2 aromatic rings. The summed E-state index contributed by atoms with van der Waals surface area (Å²) in [5, 5.41) is 14.1. The number of aryl methyl sites for hydroxylation is 2. The van der Waals surface area contributed by atoms with Crippen molar-refractivity contribution in [1.29, 1.82) is 0 Å². The smallest absolute Gasteiger partial charge is 0.251 e. The number of anilines is 1. The zero-order valence-corrected chi connectivity index (χ0v) is 12.1. The summed E-state index contributed by atoms with van der Waals surface area (Å²) in [6, 6.07) is 5.85. The predicted molar refractivity (Wildman–Crippen MR) is 80.3 cm³/mol. The highest BCUT2D eigenvalue weighted by atomic mass is 16.1. The molecule has 1 amide bonds. The maximum absolute atomic E-state index is 12.2. The van der Waals surface area contributed by atoms with Gasteiger partial charge in [0, 0.05) is 37.8 Å². The Bertz CT molecular complexity index is 649. The van der Waals surface area contributed by atoms with E-state index in [-0.39, 0.29) is 5.91 Å². The molecule has 3 rings (SSSR count). The Kier molecular flexibility index (Phi) is 3.85. The Morgan fingerprint density at radius 3 is 3.19 bits per heavy atom. The van der Waals surface area contributed by atoms with Crippen LogP contribution in [0.4, 0.5) is 5.69 Å². The summed E-state index contributed by atoms with van der Waals surface area (Å²) in [7, 11) is 1.90. The first-order chi connectivity index (χ1) is 10.2. The molecule has 0 radical (unpaired) electrons. The van der Waals surface area contributed by atoms with Crippen LogP contribution in [0.1, 0.15) is 28.2 Å². The van der Waals surface area contributed by atoms with Crippen LogP contribution in [0.15, 0.2) is 24.5 Å². The van der Waals surface area contributed by atoms with Crippen molar-refractivity contribution in [3.63, 3.8) is 0 Å². The van der Waals surface area contributed by atoms with Gasteiger partial charge in [-0.3, -0.25) is 4.79 Å². The number of hydrogen-bond acceptors (Lipinski definition) is 4. The first kappa shape index (κ1) is 13.6. The standard InChI is InChI=1S/C15H19N5O/c1-20-10-18-19-14(20)6-8-17-15(21)12-4-5-13-11(9-12)3-2-7-16-13/h4-5,9-10,16H,2-3,6-8H2,1H3,(H,17,21). The zero-order valence-electron chi connectivity index (χ0n) is 12.1. The fourth-order valence-corrected chi connectivity index (χ4v) is 2.54. The lowest BCUT2D eigenvalue weighted by Crippen LogP contribution is -2.26. The van der Waals surface area contributed by atoms with Gasteiger partial charge in [0.05, 0.1) is 0 Å². The van der Waals surface area contributed by atoms with Crippen LogP contribution in [0.25, 0.3) is 0 Å². The molecule has 0 saturated carbocycles. The Balaban J connectivity index is 1.59. The molecule has 0 spiro atoms. The first-order valence-corrected chi connectivity index (χ1v) is 7.22. The van der Waals surface area contributed by atoms with Crippen LogP contribution in [0, 0.1) is 0 Å². The Morgan fingerprint density at radius 2 is 2.38 bits per heavy atom. The lowest BCUT2D eigenvalue weighted by Gasteiger charge is -2.18. The van der Waals surface area contributed by atoms with Crippen LogP contribution in [-0.4, -0.2) is 33.8 Å². The first-order valence-electron chi connectivity index (χ1n) is 7.22. The van der Waals surface area contributed by atoms with E-state index in [2.05, 4.69) is 20.8 Å². The number of nitrogens with one attached hydrogen (secondary N) is 2. The van der Waals surface area contributed by atoms with Gasteiger partial charge in [-0.2, -0.15) is 0 Å². The molecule has 2 heterocycles. The second kappa shape index (κ2) is 5.95. The highest BCUT2D eigenvalue weighted by molar-refractivity contribution is 5.94. The lowest BCUT2D eigenvalue weighted by molar-refractivity contribution is 0.0954. The van der Waals surface area contributed by atoms with E-state index in [1.807, 2.05) is 29.8 Å². The van der Waals surface area contributed by atoms with Crippen LogP contribution < -0.4 is 10.6 Å². The van der Waals surface area contributed by atoms with Gasteiger partial charge in [0.2, 0.25) is 0 Å². The van der Waals surface area contributed by atoms with Crippen molar-refractivity contribution in [3.05, 3.63) is 41.5 Å². The van der Waals surface area contributed by atoms with Gasteiger partial charge < -0.3 is 15.2 Å². The van der Waals surface area contributed by atoms with E-state index in [1.54, 1.807) is 6.33 Å². The van der Waals surface area contributed by atoms with Gasteiger partial charge in [0.1, 0.15) is 12.2 Å². The van der Waals surface area contributed by atoms with Crippen molar-refractivity contribution in [2.45, 2.75) is 19.3 Å². The average molecular weight is 285 g/mol. The molecule has 0 atom stereocenters. The molecule has 110 valence electrons. The maximum Gasteiger partial charge on any atom is 0.251 e. The number of fused-ring (bicyclic) bond motifs is 1. The van der Waals surface area contributed by atoms with Crippen LogP contribution in [-0.2, 0) is 19.9 Å². The molecule has 21 heavy (non-hydrogen) atoms. The fourth-order valence-electron chi connectivity index (χ4n) is 2.54. The van der Waals surface area contributed by atoms with Crippen molar-refractivity contribution >= 4 is 11.6 Å². The van der Waals surface area contributed by atoms with Gasteiger partial charge >= 0.3 is 0 Å².